The lowest BCUT2D eigenvalue weighted by molar-refractivity contribution is -0.143. The number of carbonyl (C=O) groups excluding carboxylic acids is 1. The molecule has 3 rings (SSSR count). The number of hydrogen-bond acceptors (Lipinski definition) is 3. The summed E-state index contributed by atoms with van der Waals surface area (Å²) in [6.07, 6.45) is 2.41. The van der Waals surface area contributed by atoms with Crippen molar-refractivity contribution in [3.05, 3.63) is 34.9 Å². The van der Waals surface area contributed by atoms with Crippen LogP contribution in [0.4, 0.5) is 0 Å². The fourth-order valence-corrected chi connectivity index (χ4v) is 3.16. The molecule has 1 atom stereocenters. The number of carboxylic acid groups (broad SMARTS) is 1. The molecule has 0 spiro atoms. The zero-order valence-corrected chi connectivity index (χ0v) is 12.0. The molecular weight excluding hydrogens is 268 g/mol. The molecular formula is C16H20N2O3. The van der Waals surface area contributed by atoms with Crippen LogP contribution in [0.5, 0.6) is 0 Å². The average Bonchev–Trinajstić information content (AvgIpc) is 2.53. The summed E-state index contributed by atoms with van der Waals surface area (Å²) in [5.41, 5.74) is 3.15. The Morgan fingerprint density at radius 3 is 2.95 bits per heavy atom. The first-order valence-electron chi connectivity index (χ1n) is 7.50. The fourth-order valence-electron chi connectivity index (χ4n) is 3.16. The van der Waals surface area contributed by atoms with E-state index in [9.17, 15) is 9.59 Å². The number of carboxylic acids is 1. The van der Waals surface area contributed by atoms with Crippen LogP contribution < -0.4 is 5.32 Å². The average molecular weight is 288 g/mol. The number of likely N-dealkylation sites (tertiary alicyclic amines) is 1. The number of amides is 1. The van der Waals surface area contributed by atoms with Crippen molar-refractivity contribution < 1.29 is 14.7 Å². The van der Waals surface area contributed by atoms with Crippen molar-refractivity contribution >= 4 is 11.9 Å². The number of fused-ring (bicyclic) bond motifs is 1. The van der Waals surface area contributed by atoms with Gasteiger partial charge in [-0.05, 0) is 49.1 Å². The van der Waals surface area contributed by atoms with E-state index in [-0.39, 0.29) is 5.91 Å². The van der Waals surface area contributed by atoms with Crippen LogP contribution in [-0.2, 0) is 17.8 Å². The highest BCUT2D eigenvalue weighted by Crippen LogP contribution is 2.21. The van der Waals surface area contributed by atoms with E-state index in [0.717, 1.165) is 25.9 Å². The van der Waals surface area contributed by atoms with Crippen LogP contribution >= 0.6 is 0 Å². The van der Waals surface area contributed by atoms with E-state index in [1.165, 1.54) is 11.1 Å². The number of hydrogen-bond donors (Lipinski definition) is 2. The molecule has 21 heavy (non-hydrogen) atoms. The van der Waals surface area contributed by atoms with Crippen LogP contribution in [0.25, 0.3) is 0 Å². The van der Waals surface area contributed by atoms with E-state index in [1.807, 2.05) is 18.2 Å². The van der Waals surface area contributed by atoms with Gasteiger partial charge in [-0.15, -0.1) is 0 Å². The lowest BCUT2D eigenvalue weighted by Crippen LogP contribution is -2.42. The molecule has 5 nitrogen and oxygen atoms in total. The number of rotatable bonds is 2. The maximum absolute atomic E-state index is 12.6. The maximum atomic E-state index is 12.6. The van der Waals surface area contributed by atoms with E-state index in [4.69, 9.17) is 5.11 Å². The summed E-state index contributed by atoms with van der Waals surface area (Å²) in [5.74, 6) is -1.28. The Bertz CT molecular complexity index is 571. The monoisotopic (exact) mass is 288 g/mol. The standard InChI is InChI=1S/C16H20N2O3/c19-15(18-7-1-2-13(10-18)16(20)21)12-4-3-11-5-6-17-9-14(11)8-12/h3-4,8,13,17H,1-2,5-7,9-10H2,(H,20,21)/t13-/m1/s1. The van der Waals surface area contributed by atoms with Crippen molar-refractivity contribution in [1.29, 1.82) is 0 Å². The van der Waals surface area contributed by atoms with Crippen LogP contribution in [0.15, 0.2) is 18.2 Å². The molecule has 0 aliphatic carbocycles. The molecule has 2 aliphatic rings. The van der Waals surface area contributed by atoms with E-state index in [2.05, 4.69) is 5.32 Å². The van der Waals surface area contributed by atoms with Crippen LogP contribution in [0.2, 0.25) is 0 Å². The van der Waals surface area contributed by atoms with Gasteiger partial charge in [0.15, 0.2) is 0 Å². The largest absolute Gasteiger partial charge is 0.481 e. The molecule has 1 aromatic rings. The molecule has 0 saturated carbocycles. The molecule has 0 bridgehead atoms. The Labute approximate surface area is 123 Å². The molecule has 1 amide bonds. The molecule has 2 N–H and O–H groups in total. The fraction of sp³-hybridized carbons (Fsp3) is 0.500. The van der Waals surface area contributed by atoms with Crippen molar-refractivity contribution in [2.45, 2.75) is 25.8 Å². The molecule has 0 radical (unpaired) electrons. The molecule has 1 fully saturated rings. The number of nitrogens with zero attached hydrogens (tertiary/aromatic N) is 1. The van der Waals surface area contributed by atoms with Gasteiger partial charge in [0.05, 0.1) is 5.92 Å². The van der Waals surface area contributed by atoms with Gasteiger partial charge in [0, 0.05) is 25.2 Å². The zero-order chi connectivity index (χ0) is 14.8. The highest BCUT2D eigenvalue weighted by Gasteiger charge is 2.28. The molecule has 112 valence electrons. The topological polar surface area (TPSA) is 69.6 Å². The minimum atomic E-state index is -0.804. The Morgan fingerprint density at radius 1 is 1.29 bits per heavy atom. The van der Waals surface area contributed by atoms with Crippen LogP contribution in [-0.4, -0.2) is 41.5 Å². The molecule has 0 aromatic heterocycles. The predicted molar refractivity (Wildman–Crippen MR) is 78.1 cm³/mol. The summed E-state index contributed by atoms with van der Waals surface area (Å²) in [4.78, 5) is 25.4. The second kappa shape index (κ2) is 5.85. The molecule has 2 heterocycles. The minimum absolute atomic E-state index is 0.0469. The number of nitrogens with one attached hydrogen (secondary N) is 1. The highest BCUT2D eigenvalue weighted by molar-refractivity contribution is 5.95. The zero-order valence-electron chi connectivity index (χ0n) is 12.0. The SMILES string of the molecule is O=C(O)[C@@H]1CCCN(C(=O)c2ccc3c(c2)CNCC3)C1. The second-order valence-corrected chi connectivity index (χ2v) is 5.84. The van der Waals surface area contributed by atoms with Gasteiger partial charge in [-0.2, -0.15) is 0 Å². The van der Waals surface area contributed by atoms with E-state index in [1.54, 1.807) is 4.90 Å². The minimum Gasteiger partial charge on any atom is -0.481 e. The Balaban J connectivity index is 1.77. The second-order valence-electron chi connectivity index (χ2n) is 5.84. The third-order valence-electron chi connectivity index (χ3n) is 4.40. The summed E-state index contributed by atoms with van der Waals surface area (Å²) in [5, 5.41) is 12.4. The molecule has 0 unspecified atom stereocenters. The van der Waals surface area contributed by atoms with Crippen molar-refractivity contribution in [3.63, 3.8) is 0 Å². The first-order valence-corrected chi connectivity index (χ1v) is 7.50. The van der Waals surface area contributed by atoms with Gasteiger partial charge in [0.1, 0.15) is 0 Å². The maximum Gasteiger partial charge on any atom is 0.308 e. The highest BCUT2D eigenvalue weighted by atomic mass is 16.4. The van der Waals surface area contributed by atoms with Gasteiger partial charge in [0.2, 0.25) is 0 Å². The third-order valence-corrected chi connectivity index (χ3v) is 4.40. The Hall–Kier alpha value is -1.88. The molecule has 1 saturated heterocycles. The summed E-state index contributed by atoms with van der Waals surface area (Å²) in [6, 6.07) is 5.85. The first kappa shape index (κ1) is 14.1. The quantitative estimate of drug-likeness (QED) is 0.860. The Morgan fingerprint density at radius 2 is 2.14 bits per heavy atom. The van der Waals surface area contributed by atoms with Gasteiger partial charge in [-0.25, -0.2) is 0 Å². The lowest BCUT2D eigenvalue weighted by Gasteiger charge is -2.31. The summed E-state index contributed by atoms with van der Waals surface area (Å²) in [6.45, 7) is 2.75. The number of piperidine rings is 1. The predicted octanol–water partition coefficient (Wildman–Crippen LogP) is 1.27. The smallest absolute Gasteiger partial charge is 0.308 e. The van der Waals surface area contributed by atoms with Gasteiger partial charge in [-0.1, -0.05) is 6.07 Å². The molecule has 2 aliphatic heterocycles. The summed E-state index contributed by atoms with van der Waals surface area (Å²) in [7, 11) is 0. The van der Waals surface area contributed by atoms with Crippen molar-refractivity contribution in [2.75, 3.05) is 19.6 Å². The number of benzene rings is 1. The van der Waals surface area contributed by atoms with Crippen LogP contribution in [0.1, 0.15) is 34.3 Å². The number of carbonyl (C=O) groups is 2. The van der Waals surface area contributed by atoms with E-state index < -0.39 is 11.9 Å². The number of aliphatic carboxylic acids is 1. The van der Waals surface area contributed by atoms with Crippen LogP contribution in [0, 0.1) is 5.92 Å². The lowest BCUT2D eigenvalue weighted by atomic mass is 9.95. The van der Waals surface area contributed by atoms with Crippen molar-refractivity contribution in [3.8, 4) is 0 Å². The van der Waals surface area contributed by atoms with Crippen molar-refractivity contribution in [1.82, 2.24) is 10.2 Å². The van der Waals surface area contributed by atoms with Gasteiger partial charge in [-0.3, -0.25) is 9.59 Å². The van der Waals surface area contributed by atoms with Gasteiger partial charge < -0.3 is 15.3 Å². The van der Waals surface area contributed by atoms with Gasteiger partial charge in [0.25, 0.3) is 5.91 Å². The normalized spacial score (nSPS) is 21.7. The Kier molecular flexibility index (Phi) is 3.92. The van der Waals surface area contributed by atoms with E-state index >= 15 is 0 Å². The van der Waals surface area contributed by atoms with Crippen molar-refractivity contribution in [2.24, 2.45) is 5.92 Å². The summed E-state index contributed by atoms with van der Waals surface area (Å²) < 4.78 is 0. The first-order chi connectivity index (χ1) is 10.1. The van der Waals surface area contributed by atoms with Crippen LogP contribution in [0.3, 0.4) is 0 Å². The summed E-state index contributed by atoms with van der Waals surface area (Å²) >= 11 is 0. The molecule has 1 aromatic carbocycles. The van der Waals surface area contributed by atoms with E-state index in [0.29, 0.717) is 25.1 Å². The molecule has 5 heteroatoms. The third kappa shape index (κ3) is 2.93. The van der Waals surface area contributed by atoms with Gasteiger partial charge >= 0.3 is 5.97 Å².